The van der Waals surface area contributed by atoms with Crippen molar-refractivity contribution < 1.29 is 19.1 Å². The van der Waals surface area contributed by atoms with Crippen molar-refractivity contribution in [1.29, 1.82) is 0 Å². The van der Waals surface area contributed by atoms with Crippen LogP contribution < -0.4 is 5.73 Å². The maximum absolute atomic E-state index is 12.1. The molecule has 0 saturated heterocycles. The van der Waals surface area contributed by atoms with E-state index in [0.29, 0.717) is 18.5 Å². The number of aromatic nitrogens is 2. The van der Waals surface area contributed by atoms with Gasteiger partial charge in [0.05, 0.1) is 18.0 Å². The monoisotopic (exact) mass is 283 g/mol. The van der Waals surface area contributed by atoms with Gasteiger partial charge in [0.2, 0.25) is 0 Å². The molecule has 7 nitrogen and oxygen atoms in total. The van der Waals surface area contributed by atoms with E-state index in [1.54, 1.807) is 20.9 Å². The Morgan fingerprint density at radius 1 is 1.40 bits per heavy atom. The van der Waals surface area contributed by atoms with Crippen LogP contribution >= 0.6 is 0 Å². The molecule has 0 radical (unpaired) electrons. The first-order chi connectivity index (χ1) is 9.42. The Labute approximate surface area is 118 Å². The summed E-state index contributed by atoms with van der Waals surface area (Å²) in [6, 6.07) is 0. The van der Waals surface area contributed by atoms with E-state index in [2.05, 4.69) is 5.10 Å². The summed E-state index contributed by atoms with van der Waals surface area (Å²) in [5.74, 6) is -1.21. The number of carbonyl (C=O) groups excluding carboxylic acids is 2. The molecule has 2 N–H and O–H groups in total. The highest BCUT2D eigenvalue weighted by Crippen LogP contribution is 2.18. The molecule has 1 aromatic heterocycles. The molecule has 0 amide bonds. The SMILES string of the molecule is CCCC(OC(=O)c1c(N)c(C)nn1C)C(=O)OCC. The van der Waals surface area contributed by atoms with Crippen molar-refractivity contribution in [2.24, 2.45) is 7.05 Å². The van der Waals surface area contributed by atoms with Crippen LogP contribution in [0.2, 0.25) is 0 Å². The van der Waals surface area contributed by atoms with Crippen LogP contribution in [0.25, 0.3) is 0 Å². The van der Waals surface area contributed by atoms with Crippen LogP contribution in [0.15, 0.2) is 0 Å². The second kappa shape index (κ2) is 6.93. The summed E-state index contributed by atoms with van der Waals surface area (Å²) in [5.41, 5.74) is 6.74. The van der Waals surface area contributed by atoms with Crippen molar-refractivity contribution in [2.45, 2.75) is 39.7 Å². The molecule has 0 saturated carbocycles. The van der Waals surface area contributed by atoms with E-state index in [9.17, 15) is 9.59 Å². The fourth-order valence-corrected chi connectivity index (χ4v) is 1.82. The lowest BCUT2D eigenvalue weighted by Crippen LogP contribution is -2.30. The number of rotatable bonds is 6. The van der Waals surface area contributed by atoms with E-state index in [0.717, 1.165) is 0 Å². The second-order valence-electron chi connectivity index (χ2n) is 4.41. The van der Waals surface area contributed by atoms with Gasteiger partial charge in [-0.25, -0.2) is 9.59 Å². The summed E-state index contributed by atoms with van der Waals surface area (Å²) in [5, 5.41) is 4.04. The third-order valence-corrected chi connectivity index (χ3v) is 2.81. The molecule has 20 heavy (non-hydrogen) atoms. The Morgan fingerprint density at radius 2 is 2.05 bits per heavy atom. The van der Waals surface area contributed by atoms with Gasteiger partial charge in [-0.1, -0.05) is 13.3 Å². The number of anilines is 1. The van der Waals surface area contributed by atoms with Crippen LogP contribution in [-0.2, 0) is 21.3 Å². The number of nitrogens with two attached hydrogens (primary N) is 1. The lowest BCUT2D eigenvalue weighted by molar-refractivity contribution is -0.153. The minimum Gasteiger partial charge on any atom is -0.463 e. The highest BCUT2D eigenvalue weighted by atomic mass is 16.6. The Hall–Kier alpha value is -2.05. The van der Waals surface area contributed by atoms with Gasteiger partial charge in [-0.2, -0.15) is 5.10 Å². The average Bonchev–Trinajstić information content (AvgIpc) is 2.63. The van der Waals surface area contributed by atoms with Gasteiger partial charge in [-0.05, 0) is 20.3 Å². The number of aryl methyl sites for hydroxylation is 2. The fourth-order valence-electron chi connectivity index (χ4n) is 1.82. The molecule has 7 heteroatoms. The number of hydrogen-bond acceptors (Lipinski definition) is 6. The van der Waals surface area contributed by atoms with Gasteiger partial charge in [0, 0.05) is 7.05 Å². The molecular weight excluding hydrogens is 262 g/mol. The van der Waals surface area contributed by atoms with Crippen LogP contribution in [0.4, 0.5) is 5.69 Å². The van der Waals surface area contributed by atoms with Crippen molar-refractivity contribution in [3.8, 4) is 0 Å². The topological polar surface area (TPSA) is 96.4 Å². The average molecular weight is 283 g/mol. The van der Waals surface area contributed by atoms with Crippen molar-refractivity contribution in [3.63, 3.8) is 0 Å². The molecule has 0 spiro atoms. The molecule has 0 bridgehead atoms. The molecule has 1 aromatic rings. The minimum atomic E-state index is -0.915. The maximum atomic E-state index is 12.1. The van der Waals surface area contributed by atoms with Crippen LogP contribution in [0, 0.1) is 6.92 Å². The normalized spacial score (nSPS) is 12.0. The predicted octanol–water partition coefficient (Wildman–Crippen LogP) is 1.20. The standard InChI is InChI=1S/C13H21N3O4/c1-5-7-9(12(17)19-6-2)20-13(18)11-10(14)8(3)15-16(11)4/h9H,5-7,14H2,1-4H3. The second-order valence-corrected chi connectivity index (χ2v) is 4.41. The zero-order valence-corrected chi connectivity index (χ0v) is 12.3. The third-order valence-electron chi connectivity index (χ3n) is 2.81. The molecule has 0 aliphatic heterocycles. The third kappa shape index (κ3) is 3.49. The summed E-state index contributed by atoms with van der Waals surface area (Å²) in [7, 11) is 1.60. The Kier molecular flexibility index (Phi) is 5.54. The first kappa shape index (κ1) is 16.0. The first-order valence-corrected chi connectivity index (χ1v) is 6.59. The fraction of sp³-hybridized carbons (Fsp3) is 0.615. The van der Waals surface area contributed by atoms with Gasteiger partial charge in [-0.3, -0.25) is 4.68 Å². The largest absolute Gasteiger partial charge is 0.463 e. The van der Waals surface area contributed by atoms with E-state index >= 15 is 0 Å². The molecule has 0 aliphatic rings. The number of esters is 2. The van der Waals surface area contributed by atoms with Gasteiger partial charge in [0.25, 0.3) is 0 Å². The van der Waals surface area contributed by atoms with Crippen molar-refractivity contribution in [1.82, 2.24) is 9.78 Å². The number of hydrogen-bond donors (Lipinski definition) is 1. The van der Waals surface area contributed by atoms with E-state index < -0.39 is 18.0 Å². The molecule has 1 atom stereocenters. The molecule has 1 rings (SSSR count). The molecule has 1 heterocycles. The van der Waals surface area contributed by atoms with E-state index in [1.807, 2.05) is 6.92 Å². The lowest BCUT2D eigenvalue weighted by Gasteiger charge is -2.15. The van der Waals surface area contributed by atoms with E-state index in [1.165, 1.54) is 4.68 Å². The number of nitrogens with zero attached hydrogens (tertiary/aromatic N) is 2. The summed E-state index contributed by atoms with van der Waals surface area (Å²) in [6.07, 6.45) is 0.180. The molecular formula is C13H21N3O4. The first-order valence-electron chi connectivity index (χ1n) is 6.59. The Morgan fingerprint density at radius 3 is 2.50 bits per heavy atom. The van der Waals surface area contributed by atoms with Crippen LogP contribution in [0.5, 0.6) is 0 Å². The van der Waals surface area contributed by atoms with E-state index in [-0.39, 0.29) is 18.0 Å². The van der Waals surface area contributed by atoms with Gasteiger partial charge in [-0.15, -0.1) is 0 Å². The maximum Gasteiger partial charge on any atom is 0.359 e. The molecule has 0 aromatic carbocycles. The van der Waals surface area contributed by atoms with Crippen LogP contribution in [-0.4, -0.2) is 34.4 Å². The minimum absolute atomic E-state index is 0.146. The lowest BCUT2D eigenvalue weighted by atomic mass is 10.2. The van der Waals surface area contributed by atoms with Crippen molar-refractivity contribution >= 4 is 17.6 Å². The number of ether oxygens (including phenoxy) is 2. The number of carbonyl (C=O) groups is 2. The van der Waals surface area contributed by atoms with Crippen molar-refractivity contribution in [3.05, 3.63) is 11.4 Å². The summed E-state index contributed by atoms with van der Waals surface area (Å²) in [6.45, 7) is 5.53. The Balaban J connectivity index is 2.88. The predicted molar refractivity (Wildman–Crippen MR) is 73.1 cm³/mol. The highest BCUT2D eigenvalue weighted by Gasteiger charge is 2.27. The van der Waals surface area contributed by atoms with Crippen molar-refractivity contribution in [2.75, 3.05) is 12.3 Å². The van der Waals surface area contributed by atoms with E-state index in [4.69, 9.17) is 15.2 Å². The molecule has 0 aliphatic carbocycles. The summed E-state index contributed by atoms with van der Waals surface area (Å²) < 4.78 is 11.4. The summed E-state index contributed by atoms with van der Waals surface area (Å²) >= 11 is 0. The highest BCUT2D eigenvalue weighted by molar-refractivity contribution is 5.95. The van der Waals surface area contributed by atoms with Gasteiger partial charge in [0.1, 0.15) is 0 Å². The molecule has 112 valence electrons. The smallest absolute Gasteiger partial charge is 0.359 e. The van der Waals surface area contributed by atoms with Crippen LogP contribution in [0.3, 0.4) is 0 Å². The zero-order chi connectivity index (χ0) is 15.3. The number of nitrogen functional groups attached to an aromatic ring is 1. The van der Waals surface area contributed by atoms with Crippen LogP contribution in [0.1, 0.15) is 42.9 Å². The Bertz CT molecular complexity index is 496. The molecule has 0 fully saturated rings. The molecule has 1 unspecified atom stereocenters. The van der Waals surface area contributed by atoms with Gasteiger partial charge < -0.3 is 15.2 Å². The summed E-state index contributed by atoms with van der Waals surface area (Å²) in [4.78, 5) is 23.8. The van der Waals surface area contributed by atoms with Gasteiger partial charge in [0.15, 0.2) is 11.8 Å². The quantitative estimate of drug-likeness (QED) is 0.788. The zero-order valence-electron chi connectivity index (χ0n) is 12.3. The van der Waals surface area contributed by atoms with Gasteiger partial charge >= 0.3 is 11.9 Å².